The first kappa shape index (κ1) is 19.4. The average molecular weight is 403 g/mol. The Kier molecular flexibility index (Phi) is 6.37. The summed E-state index contributed by atoms with van der Waals surface area (Å²) in [5.74, 6) is 0.976. The van der Waals surface area contributed by atoms with E-state index in [-0.39, 0.29) is 0 Å². The molecule has 0 saturated carbocycles. The summed E-state index contributed by atoms with van der Waals surface area (Å²) in [6, 6.07) is 23.2. The smallest absolute Gasteiger partial charge is 0.170 e. The van der Waals surface area contributed by atoms with Crippen molar-refractivity contribution in [3.63, 3.8) is 0 Å². The minimum absolute atomic E-state index is 0.635. The fourth-order valence-corrected chi connectivity index (χ4v) is 3.93. The maximum absolute atomic E-state index is 5.42. The number of aryl methyl sites for hydroxylation is 2. The number of nitrogens with one attached hydrogen (secondary N) is 2. The molecule has 0 atom stereocenters. The third kappa shape index (κ3) is 5.12. The second-order valence-electron chi connectivity index (χ2n) is 7.26. The highest BCUT2D eigenvalue weighted by molar-refractivity contribution is 7.80. The zero-order valence-corrected chi connectivity index (χ0v) is 17.3. The van der Waals surface area contributed by atoms with Gasteiger partial charge in [-0.2, -0.15) is 0 Å². The average Bonchev–Trinajstić information content (AvgIpc) is 2.78. The molecule has 0 bridgehead atoms. The number of aromatic nitrogens is 1. The first-order valence-corrected chi connectivity index (χ1v) is 10.6. The summed E-state index contributed by atoms with van der Waals surface area (Å²) in [6.45, 7) is 1.84. The molecule has 1 aromatic heterocycles. The predicted molar refractivity (Wildman–Crippen MR) is 125 cm³/mol. The zero-order valence-electron chi connectivity index (χ0n) is 16.5. The Bertz CT molecular complexity index is 941. The van der Waals surface area contributed by atoms with E-state index in [1.807, 2.05) is 18.3 Å². The fourth-order valence-electron chi connectivity index (χ4n) is 3.71. The van der Waals surface area contributed by atoms with Crippen LogP contribution in [0.25, 0.3) is 0 Å². The van der Waals surface area contributed by atoms with Crippen molar-refractivity contribution in [2.24, 2.45) is 0 Å². The van der Waals surface area contributed by atoms with Gasteiger partial charge in [0.15, 0.2) is 5.11 Å². The van der Waals surface area contributed by atoms with E-state index >= 15 is 0 Å². The van der Waals surface area contributed by atoms with Gasteiger partial charge in [0.05, 0.1) is 11.9 Å². The molecule has 5 heteroatoms. The van der Waals surface area contributed by atoms with Crippen molar-refractivity contribution in [3.8, 4) is 0 Å². The van der Waals surface area contributed by atoms with E-state index in [0.717, 1.165) is 50.3 Å². The van der Waals surface area contributed by atoms with Crippen LogP contribution in [-0.2, 0) is 12.8 Å². The van der Waals surface area contributed by atoms with Gasteiger partial charge in [0.2, 0.25) is 0 Å². The SMILES string of the molecule is S=C(NCCCc1ccccc1)Nc1ccc(N2CCCc3ccccc32)nc1. The molecule has 0 radical (unpaired) electrons. The third-order valence-corrected chi connectivity index (χ3v) is 5.41. The summed E-state index contributed by atoms with van der Waals surface area (Å²) in [6.07, 6.45) is 6.22. The number of hydrogen-bond acceptors (Lipinski definition) is 3. The van der Waals surface area contributed by atoms with E-state index in [1.54, 1.807) is 0 Å². The van der Waals surface area contributed by atoms with E-state index in [1.165, 1.54) is 16.8 Å². The van der Waals surface area contributed by atoms with Crippen LogP contribution in [0, 0.1) is 0 Å². The number of thiocarbonyl (C=S) groups is 1. The van der Waals surface area contributed by atoms with Crippen molar-refractivity contribution in [1.82, 2.24) is 10.3 Å². The standard InChI is InChI=1S/C24H26N4S/c29-24(25-16-6-10-19-8-2-1-3-9-19)27-21-14-15-23(26-18-21)28-17-7-12-20-11-4-5-13-22(20)28/h1-5,8-9,11,13-15,18H,6-7,10,12,16-17H2,(H2,25,27,29). The number of rotatable bonds is 6. The Hall–Kier alpha value is -2.92. The number of benzene rings is 2. The van der Waals surface area contributed by atoms with Gasteiger partial charge in [-0.25, -0.2) is 4.98 Å². The van der Waals surface area contributed by atoms with Gasteiger partial charge in [-0.1, -0.05) is 48.5 Å². The van der Waals surface area contributed by atoms with Crippen LogP contribution in [-0.4, -0.2) is 23.2 Å². The molecule has 2 heterocycles. The van der Waals surface area contributed by atoms with Crippen LogP contribution in [0.5, 0.6) is 0 Å². The van der Waals surface area contributed by atoms with E-state index in [4.69, 9.17) is 12.2 Å². The summed E-state index contributed by atoms with van der Waals surface area (Å²) >= 11 is 5.42. The Morgan fingerprint density at radius 1 is 1.00 bits per heavy atom. The molecule has 2 N–H and O–H groups in total. The lowest BCUT2D eigenvalue weighted by Crippen LogP contribution is -2.29. The summed E-state index contributed by atoms with van der Waals surface area (Å²) in [7, 11) is 0. The fraction of sp³-hybridized carbons (Fsp3) is 0.250. The van der Waals surface area contributed by atoms with E-state index in [9.17, 15) is 0 Å². The van der Waals surface area contributed by atoms with Crippen LogP contribution in [0.1, 0.15) is 24.0 Å². The van der Waals surface area contributed by atoms with Gasteiger partial charge < -0.3 is 15.5 Å². The van der Waals surface area contributed by atoms with Gasteiger partial charge in [-0.05, 0) is 67.2 Å². The molecule has 4 rings (SSSR count). The van der Waals surface area contributed by atoms with Gasteiger partial charge in [0.25, 0.3) is 0 Å². The van der Waals surface area contributed by atoms with Crippen molar-refractivity contribution in [2.45, 2.75) is 25.7 Å². The molecular formula is C24H26N4S. The second kappa shape index (κ2) is 9.52. The molecule has 0 spiro atoms. The molecule has 0 fully saturated rings. The molecule has 0 aliphatic carbocycles. The molecule has 29 heavy (non-hydrogen) atoms. The number of pyridine rings is 1. The van der Waals surface area contributed by atoms with Crippen LogP contribution >= 0.6 is 12.2 Å². The van der Waals surface area contributed by atoms with Crippen LogP contribution in [0.2, 0.25) is 0 Å². The molecule has 2 aromatic carbocycles. The van der Waals surface area contributed by atoms with Gasteiger partial charge >= 0.3 is 0 Å². The molecule has 0 unspecified atom stereocenters. The van der Waals surface area contributed by atoms with E-state index < -0.39 is 0 Å². The highest BCUT2D eigenvalue weighted by Gasteiger charge is 2.18. The van der Waals surface area contributed by atoms with Crippen LogP contribution < -0.4 is 15.5 Å². The first-order valence-electron chi connectivity index (χ1n) is 10.2. The highest BCUT2D eigenvalue weighted by atomic mass is 32.1. The van der Waals surface area contributed by atoms with Gasteiger partial charge in [0.1, 0.15) is 5.82 Å². The topological polar surface area (TPSA) is 40.2 Å². The first-order chi connectivity index (χ1) is 14.3. The Balaban J connectivity index is 1.28. The molecule has 1 aliphatic rings. The normalized spacial score (nSPS) is 12.9. The Morgan fingerprint density at radius 2 is 1.83 bits per heavy atom. The number of anilines is 3. The van der Waals surface area contributed by atoms with Crippen molar-refractivity contribution >= 4 is 34.5 Å². The van der Waals surface area contributed by atoms with Gasteiger partial charge in [-0.3, -0.25) is 0 Å². The van der Waals surface area contributed by atoms with Gasteiger partial charge in [0, 0.05) is 18.8 Å². The quantitative estimate of drug-likeness (QED) is 0.444. The highest BCUT2D eigenvalue weighted by Crippen LogP contribution is 2.32. The molecule has 3 aromatic rings. The van der Waals surface area contributed by atoms with E-state index in [2.05, 4.69) is 75.1 Å². The molecule has 148 valence electrons. The van der Waals surface area contributed by atoms with Crippen molar-refractivity contribution in [1.29, 1.82) is 0 Å². The van der Waals surface area contributed by atoms with Gasteiger partial charge in [-0.15, -0.1) is 0 Å². The molecule has 0 amide bonds. The molecule has 0 saturated heterocycles. The van der Waals surface area contributed by atoms with Crippen molar-refractivity contribution in [3.05, 3.63) is 84.1 Å². The molecule has 1 aliphatic heterocycles. The minimum Gasteiger partial charge on any atom is -0.362 e. The van der Waals surface area contributed by atoms with E-state index in [0.29, 0.717) is 5.11 Å². The predicted octanol–water partition coefficient (Wildman–Crippen LogP) is 5.09. The monoisotopic (exact) mass is 402 g/mol. The van der Waals surface area contributed by atoms with Crippen LogP contribution in [0.15, 0.2) is 72.9 Å². The maximum Gasteiger partial charge on any atom is 0.170 e. The third-order valence-electron chi connectivity index (χ3n) is 5.16. The summed E-state index contributed by atoms with van der Waals surface area (Å²) in [5, 5.41) is 7.14. The van der Waals surface area contributed by atoms with Crippen LogP contribution in [0.3, 0.4) is 0 Å². The summed E-state index contributed by atoms with van der Waals surface area (Å²) < 4.78 is 0. The summed E-state index contributed by atoms with van der Waals surface area (Å²) in [5.41, 5.74) is 4.91. The minimum atomic E-state index is 0.635. The molecule has 4 nitrogen and oxygen atoms in total. The Labute approximate surface area is 178 Å². The lowest BCUT2D eigenvalue weighted by molar-refractivity contribution is 0.760. The van der Waals surface area contributed by atoms with Crippen molar-refractivity contribution < 1.29 is 0 Å². The molecular weight excluding hydrogens is 376 g/mol. The number of fused-ring (bicyclic) bond motifs is 1. The summed E-state index contributed by atoms with van der Waals surface area (Å²) in [4.78, 5) is 6.96. The number of para-hydroxylation sites is 1. The number of nitrogens with zero attached hydrogens (tertiary/aromatic N) is 2. The van der Waals surface area contributed by atoms with Crippen molar-refractivity contribution in [2.75, 3.05) is 23.3 Å². The maximum atomic E-state index is 5.42. The zero-order chi connectivity index (χ0) is 19.9. The van der Waals surface area contributed by atoms with Crippen LogP contribution in [0.4, 0.5) is 17.2 Å². The lowest BCUT2D eigenvalue weighted by atomic mass is 10.0. The lowest BCUT2D eigenvalue weighted by Gasteiger charge is -2.30. The number of hydrogen-bond donors (Lipinski definition) is 2. The second-order valence-corrected chi connectivity index (χ2v) is 7.67. The largest absolute Gasteiger partial charge is 0.362 e. The Morgan fingerprint density at radius 3 is 2.66 bits per heavy atom.